The van der Waals surface area contributed by atoms with Crippen molar-refractivity contribution in [3.63, 3.8) is 0 Å². The third-order valence-corrected chi connectivity index (χ3v) is 8.71. The molecule has 43 heavy (non-hydrogen) atoms. The summed E-state index contributed by atoms with van der Waals surface area (Å²) in [6.45, 7) is 1.18. The SMILES string of the molecule is COC(=O)C1CCC(OC(OC)(C(=O)Cc2cc(Cl)c(NC(=O)c3nn(C)c4ccccc34)cc2F)N2CCCC2)CC1. The van der Waals surface area contributed by atoms with Gasteiger partial charge in [-0.2, -0.15) is 5.10 Å². The third kappa shape index (κ3) is 6.31. The predicted octanol–water partition coefficient (Wildman–Crippen LogP) is 4.87. The number of aromatic nitrogens is 2. The van der Waals surface area contributed by atoms with Gasteiger partial charge in [0.2, 0.25) is 5.78 Å². The molecule has 1 atom stereocenters. The highest BCUT2D eigenvalue weighted by Gasteiger charge is 2.49. The lowest BCUT2D eigenvalue weighted by Gasteiger charge is -2.42. The summed E-state index contributed by atoms with van der Waals surface area (Å²) in [6, 6.07) is 9.72. The lowest BCUT2D eigenvalue weighted by atomic mass is 9.87. The Bertz CT molecular complexity index is 1520. The molecule has 230 valence electrons. The van der Waals surface area contributed by atoms with Gasteiger partial charge in [0.1, 0.15) is 5.82 Å². The van der Waals surface area contributed by atoms with Crippen molar-refractivity contribution in [2.75, 3.05) is 32.6 Å². The number of carbonyl (C=O) groups is 3. The number of benzene rings is 2. The minimum atomic E-state index is -1.70. The summed E-state index contributed by atoms with van der Waals surface area (Å²) in [4.78, 5) is 40.8. The van der Waals surface area contributed by atoms with Crippen molar-refractivity contribution in [2.45, 2.75) is 57.0 Å². The van der Waals surface area contributed by atoms with E-state index in [9.17, 15) is 14.4 Å². The Balaban J connectivity index is 1.33. The molecule has 1 unspecified atom stereocenters. The Kier molecular flexibility index (Phi) is 9.45. The molecule has 1 aliphatic heterocycles. The number of ether oxygens (including phenoxy) is 3. The molecule has 2 heterocycles. The molecule has 1 saturated heterocycles. The number of hydrogen-bond donors (Lipinski definition) is 1. The van der Waals surface area contributed by atoms with Gasteiger partial charge in [-0.3, -0.25) is 19.1 Å². The number of aryl methyl sites for hydroxylation is 1. The highest BCUT2D eigenvalue weighted by atomic mass is 35.5. The van der Waals surface area contributed by atoms with Gasteiger partial charge in [0.15, 0.2) is 5.69 Å². The first-order valence-corrected chi connectivity index (χ1v) is 14.8. The molecule has 10 nitrogen and oxygen atoms in total. The van der Waals surface area contributed by atoms with E-state index in [0.29, 0.717) is 44.2 Å². The number of amides is 1. The Hall–Kier alpha value is -3.38. The fourth-order valence-corrected chi connectivity index (χ4v) is 6.33. The number of fused-ring (bicyclic) bond motifs is 1. The summed E-state index contributed by atoms with van der Waals surface area (Å²) < 4.78 is 34.2. The van der Waals surface area contributed by atoms with Crippen molar-refractivity contribution >= 4 is 45.9 Å². The van der Waals surface area contributed by atoms with Crippen LogP contribution < -0.4 is 5.32 Å². The molecule has 0 spiro atoms. The molecule has 0 radical (unpaired) electrons. The maximum atomic E-state index is 15.5. The zero-order chi connectivity index (χ0) is 30.7. The molecule has 3 aromatic rings. The predicted molar refractivity (Wildman–Crippen MR) is 158 cm³/mol. The molecular weight excluding hydrogens is 579 g/mol. The van der Waals surface area contributed by atoms with Gasteiger partial charge in [-0.05, 0) is 62.3 Å². The molecule has 2 aromatic carbocycles. The third-order valence-electron chi connectivity index (χ3n) is 8.39. The number of likely N-dealkylation sites (tertiary alicyclic amines) is 1. The number of Topliss-reactive ketones (excluding diaryl/α,β-unsaturated/α-hetero) is 1. The fraction of sp³-hybridized carbons (Fsp3) is 0.484. The van der Waals surface area contributed by atoms with E-state index in [2.05, 4.69) is 10.4 Å². The zero-order valence-corrected chi connectivity index (χ0v) is 25.3. The molecule has 1 N–H and O–H groups in total. The number of rotatable bonds is 10. The molecule has 2 aliphatic rings. The highest BCUT2D eigenvalue weighted by Crippen LogP contribution is 2.35. The zero-order valence-electron chi connectivity index (χ0n) is 24.5. The molecular formula is C31H36ClFN4O6. The summed E-state index contributed by atoms with van der Waals surface area (Å²) in [6.07, 6.45) is 3.37. The Morgan fingerprint density at radius 1 is 1.09 bits per heavy atom. The van der Waals surface area contributed by atoms with Crippen LogP contribution in [-0.2, 0) is 37.3 Å². The second-order valence-electron chi connectivity index (χ2n) is 11.1. The second kappa shape index (κ2) is 13.1. The van der Waals surface area contributed by atoms with Crippen LogP contribution in [0.15, 0.2) is 36.4 Å². The summed E-state index contributed by atoms with van der Waals surface area (Å²) >= 11 is 6.49. The summed E-state index contributed by atoms with van der Waals surface area (Å²) in [7, 11) is 4.53. The lowest BCUT2D eigenvalue weighted by molar-refractivity contribution is -0.301. The first-order valence-electron chi connectivity index (χ1n) is 14.5. The lowest BCUT2D eigenvalue weighted by Crippen LogP contribution is -2.59. The van der Waals surface area contributed by atoms with Crippen LogP contribution in [0.5, 0.6) is 0 Å². The number of nitrogens with zero attached hydrogens (tertiary/aromatic N) is 3. The molecule has 1 aromatic heterocycles. The number of ketones is 1. The first-order chi connectivity index (χ1) is 20.7. The molecule has 1 aliphatic carbocycles. The van der Waals surface area contributed by atoms with Crippen molar-refractivity contribution in [3.05, 3.63) is 58.5 Å². The van der Waals surface area contributed by atoms with E-state index in [1.54, 1.807) is 23.9 Å². The molecule has 5 rings (SSSR count). The van der Waals surface area contributed by atoms with Gasteiger partial charge in [0.05, 0.1) is 35.4 Å². The Morgan fingerprint density at radius 3 is 2.47 bits per heavy atom. The Morgan fingerprint density at radius 2 is 1.79 bits per heavy atom. The van der Waals surface area contributed by atoms with Gasteiger partial charge in [0, 0.05) is 39.1 Å². The quantitative estimate of drug-likeness (QED) is 0.254. The number of esters is 1. The van der Waals surface area contributed by atoms with Crippen LogP contribution >= 0.6 is 11.6 Å². The monoisotopic (exact) mass is 614 g/mol. The van der Waals surface area contributed by atoms with E-state index < -0.39 is 23.4 Å². The number of nitrogens with one attached hydrogen (secondary N) is 1. The van der Waals surface area contributed by atoms with Gasteiger partial charge < -0.3 is 19.5 Å². The van der Waals surface area contributed by atoms with E-state index in [1.165, 1.54) is 20.3 Å². The van der Waals surface area contributed by atoms with Crippen LogP contribution in [0.4, 0.5) is 10.1 Å². The maximum Gasteiger partial charge on any atom is 0.308 e. The smallest absolute Gasteiger partial charge is 0.308 e. The topological polar surface area (TPSA) is 112 Å². The fourth-order valence-electron chi connectivity index (χ4n) is 6.10. The standard InChI is InChI=1S/C31H36ClFN4O6/c1-36-26-9-5-4-8-22(26)28(35-36)29(39)34-25-18-24(33)20(16-23(25)32)17-27(38)31(42-3,37-14-6-7-15-37)43-21-12-10-19(11-13-21)30(40)41-2/h4-5,8-9,16,18-19,21H,6-7,10-15,17H2,1-3H3,(H,34,39). The van der Waals surface area contributed by atoms with Crippen molar-refractivity contribution in [1.29, 1.82) is 0 Å². The van der Waals surface area contributed by atoms with Crippen LogP contribution in [-0.4, -0.2) is 71.7 Å². The summed E-state index contributed by atoms with van der Waals surface area (Å²) in [5, 5.41) is 7.67. The minimum absolute atomic E-state index is 0.0508. The van der Waals surface area contributed by atoms with Crippen molar-refractivity contribution in [2.24, 2.45) is 13.0 Å². The molecule has 0 bridgehead atoms. The number of para-hydroxylation sites is 1. The minimum Gasteiger partial charge on any atom is -0.469 e. The second-order valence-corrected chi connectivity index (χ2v) is 11.5. The van der Waals surface area contributed by atoms with E-state index >= 15 is 4.39 Å². The van der Waals surface area contributed by atoms with Crippen LogP contribution in [0.2, 0.25) is 5.02 Å². The molecule has 2 fully saturated rings. The van der Waals surface area contributed by atoms with Gasteiger partial charge in [-0.25, -0.2) is 9.29 Å². The van der Waals surface area contributed by atoms with Crippen molar-refractivity contribution in [1.82, 2.24) is 14.7 Å². The summed E-state index contributed by atoms with van der Waals surface area (Å²) in [5.74, 6) is -3.85. The van der Waals surface area contributed by atoms with E-state index in [1.807, 2.05) is 17.0 Å². The maximum absolute atomic E-state index is 15.5. The van der Waals surface area contributed by atoms with Crippen LogP contribution in [0.25, 0.3) is 10.9 Å². The van der Waals surface area contributed by atoms with Crippen LogP contribution in [0, 0.1) is 11.7 Å². The average Bonchev–Trinajstić information content (AvgIpc) is 3.67. The largest absolute Gasteiger partial charge is 0.469 e. The number of methoxy groups -OCH3 is 2. The van der Waals surface area contributed by atoms with E-state index in [4.69, 9.17) is 25.8 Å². The van der Waals surface area contributed by atoms with Crippen molar-refractivity contribution in [3.8, 4) is 0 Å². The highest BCUT2D eigenvalue weighted by molar-refractivity contribution is 6.34. The average molecular weight is 615 g/mol. The van der Waals surface area contributed by atoms with E-state index in [-0.39, 0.29) is 46.4 Å². The first kappa shape index (κ1) is 31.1. The van der Waals surface area contributed by atoms with Gasteiger partial charge in [-0.15, -0.1) is 0 Å². The van der Waals surface area contributed by atoms with Gasteiger partial charge in [0.25, 0.3) is 11.8 Å². The Labute approximate surface area is 254 Å². The summed E-state index contributed by atoms with van der Waals surface area (Å²) in [5.41, 5.74) is 1.07. The van der Waals surface area contributed by atoms with Crippen LogP contribution in [0.3, 0.4) is 0 Å². The number of anilines is 1. The number of halogens is 2. The van der Waals surface area contributed by atoms with Gasteiger partial charge in [-0.1, -0.05) is 29.8 Å². The number of hydrogen-bond acceptors (Lipinski definition) is 8. The molecule has 1 amide bonds. The van der Waals surface area contributed by atoms with Crippen molar-refractivity contribution < 1.29 is 33.0 Å². The molecule has 1 saturated carbocycles. The molecule has 12 heteroatoms. The number of carbonyl (C=O) groups excluding carboxylic acids is 3. The van der Waals surface area contributed by atoms with E-state index in [0.717, 1.165) is 24.4 Å². The normalized spacial score (nSPS) is 20.6. The van der Waals surface area contributed by atoms with Crippen LogP contribution in [0.1, 0.15) is 54.6 Å². The van der Waals surface area contributed by atoms with Gasteiger partial charge >= 0.3 is 5.97 Å².